The van der Waals surface area contributed by atoms with Crippen LogP contribution in [0.4, 0.5) is 25.1 Å². The number of anilines is 2. The Labute approximate surface area is 153 Å². The molecule has 140 valence electrons. The zero-order chi connectivity index (χ0) is 19.2. The summed E-state index contributed by atoms with van der Waals surface area (Å²) in [5.74, 6) is 0.221. The van der Waals surface area contributed by atoms with Crippen molar-refractivity contribution < 1.29 is 13.6 Å². The van der Waals surface area contributed by atoms with Crippen LogP contribution in [0.25, 0.3) is 5.82 Å². The Hall–Kier alpha value is -3.56. The smallest absolute Gasteiger partial charge is 0.319 e. The highest BCUT2D eigenvalue weighted by molar-refractivity contribution is 5.89. The van der Waals surface area contributed by atoms with Crippen LogP contribution in [0, 0.1) is 18.6 Å². The Morgan fingerprint density at radius 3 is 2.78 bits per heavy atom. The molecule has 0 saturated heterocycles. The molecule has 0 radical (unpaired) electrons. The second kappa shape index (κ2) is 8.21. The molecule has 2 aromatic heterocycles. The van der Waals surface area contributed by atoms with Gasteiger partial charge in [0.25, 0.3) is 0 Å². The lowest BCUT2D eigenvalue weighted by molar-refractivity contribution is 0.252. The number of aromatic nitrogens is 4. The number of benzene rings is 1. The number of nitrogens with one attached hydrogen (secondary N) is 3. The summed E-state index contributed by atoms with van der Waals surface area (Å²) < 4.78 is 28.0. The van der Waals surface area contributed by atoms with Gasteiger partial charge >= 0.3 is 6.03 Å². The summed E-state index contributed by atoms with van der Waals surface area (Å²) in [5.41, 5.74) is -0.0999. The van der Waals surface area contributed by atoms with Crippen molar-refractivity contribution in [2.24, 2.45) is 0 Å². The number of aryl methyl sites for hydroxylation is 1. The highest BCUT2D eigenvalue weighted by atomic mass is 19.1. The number of hydrogen-bond acceptors (Lipinski definition) is 5. The molecule has 0 aliphatic carbocycles. The standard InChI is InChI=1S/C17H17F2N7O/c1-11-23-15(10-16(24-11)26-8-2-5-22-26)20-6-7-21-17(27)25-14-4-3-12(18)9-13(14)19/h2-5,8-10H,6-7H2,1H3,(H,20,23,24)(H2,21,25,27). The fourth-order valence-electron chi connectivity index (χ4n) is 2.29. The predicted molar refractivity (Wildman–Crippen MR) is 95.8 cm³/mol. The lowest BCUT2D eigenvalue weighted by Crippen LogP contribution is -2.33. The molecule has 0 aliphatic rings. The maximum absolute atomic E-state index is 13.5. The van der Waals surface area contributed by atoms with E-state index in [2.05, 4.69) is 31.0 Å². The van der Waals surface area contributed by atoms with Gasteiger partial charge in [-0.05, 0) is 25.1 Å². The van der Waals surface area contributed by atoms with Crippen LogP contribution in [0.3, 0.4) is 0 Å². The third-order valence-corrected chi connectivity index (χ3v) is 3.46. The van der Waals surface area contributed by atoms with Crippen molar-refractivity contribution in [3.05, 3.63) is 60.2 Å². The van der Waals surface area contributed by atoms with Crippen molar-refractivity contribution in [1.82, 2.24) is 25.1 Å². The van der Waals surface area contributed by atoms with Gasteiger partial charge in [0.05, 0.1) is 5.69 Å². The summed E-state index contributed by atoms with van der Waals surface area (Å²) in [4.78, 5) is 20.3. The topological polar surface area (TPSA) is 96.8 Å². The van der Waals surface area contributed by atoms with Crippen LogP contribution in [0.2, 0.25) is 0 Å². The van der Waals surface area contributed by atoms with Crippen molar-refractivity contribution in [2.75, 3.05) is 23.7 Å². The Balaban J connectivity index is 1.49. The number of carbonyl (C=O) groups is 1. The van der Waals surface area contributed by atoms with Crippen LogP contribution in [0.15, 0.2) is 42.7 Å². The second-order valence-corrected chi connectivity index (χ2v) is 5.54. The zero-order valence-electron chi connectivity index (χ0n) is 14.4. The lowest BCUT2D eigenvalue weighted by Gasteiger charge is -2.10. The molecular weight excluding hydrogens is 356 g/mol. The molecule has 2 heterocycles. The molecule has 8 nitrogen and oxygen atoms in total. The van der Waals surface area contributed by atoms with Crippen LogP contribution in [0.1, 0.15) is 5.82 Å². The fourth-order valence-corrected chi connectivity index (χ4v) is 2.29. The number of carbonyl (C=O) groups excluding carboxylic acids is 1. The van der Waals surface area contributed by atoms with Gasteiger partial charge in [-0.1, -0.05) is 0 Å². The van der Waals surface area contributed by atoms with Gasteiger partial charge in [0, 0.05) is 37.6 Å². The van der Waals surface area contributed by atoms with E-state index < -0.39 is 17.7 Å². The summed E-state index contributed by atoms with van der Waals surface area (Å²) in [6.45, 7) is 2.41. The van der Waals surface area contributed by atoms with Crippen LogP contribution in [0.5, 0.6) is 0 Å². The van der Waals surface area contributed by atoms with E-state index in [1.54, 1.807) is 36.1 Å². The monoisotopic (exact) mass is 373 g/mol. The number of amides is 2. The summed E-state index contributed by atoms with van der Waals surface area (Å²) in [5, 5.41) is 12.1. The molecule has 0 fully saturated rings. The minimum atomic E-state index is -0.842. The predicted octanol–water partition coefficient (Wildman–Crippen LogP) is 2.48. The van der Waals surface area contributed by atoms with Crippen molar-refractivity contribution in [2.45, 2.75) is 6.92 Å². The van der Waals surface area contributed by atoms with Gasteiger partial charge in [0.15, 0.2) is 5.82 Å². The number of nitrogens with zero attached hydrogens (tertiary/aromatic N) is 4. The SMILES string of the molecule is Cc1nc(NCCNC(=O)Nc2ccc(F)cc2F)cc(-n2cccn2)n1. The van der Waals surface area contributed by atoms with E-state index in [9.17, 15) is 13.6 Å². The third-order valence-electron chi connectivity index (χ3n) is 3.46. The normalized spacial score (nSPS) is 10.5. The van der Waals surface area contributed by atoms with Gasteiger partial charge in [-0.15, -0.1) is 0 Å². The Morgan fingerprint density at radius 1 is 1.19 bits per heavy atom. The molecule has 0 aliphatic heterocycles. The fraction of sp³-hybridized carbons (Fsp3) is 0.176. The number of rotatable bonds is 6. The molecule has 3 N–H and O–H groups in total. The van der Waals surface area contributed by atoms with Gasteiger partial charge in [0.1, 0.15) is 23.3 Å². The molecule has 1 aromatic carbocycles. The van der Waals surface area contributed by atoms with E-state index >= 15 is 0 Å². The van der Waals surface area contributed by atoms with Crippen molar-refractivity contribution in [1.29, 1.82) is 0 Å². The van der Waals surface area contributed by atoms with Crippen LogP contribution in [-0.4, -0.2) is 38.9 Å². The summed E-state index contributed by atoms with van der Waals surface area (Å²) in [6, 6.07) is 5.84. The van der Waals surface area contributed by atoms with Crippen LogP contribution in [-0.2, 0) is 0 Å². The molecule has 3 aromatic rings. The zero-order valence-corrected chi connectivity index (χ0v) is 14.4. The van der Waals surface area contributed by atoms with E-state index in [0.717, 1.165) is 12.1 Å². The first-order valence-electron chi connectivity index (χ1n) is 8.11. The maximum atomic E-state index is 13.5. The molecule has 2 amide bonds. The lowest BCUT2D eigenvalue weighted by atomic mass is 10.3. The number of halogens is 2. The van der Waals surface area contributed by atoms with Gasteiger partial charge in [-0.25, -0.2) is 28.2 Å². The molecule has 3 rings (SSSR count). The van der Waals surface area contributed by atoms with Gasteiger partial charge in [-0.3, -0.25) is 0 Å². The average molecular weight is 373 g/mol. The van der Waals surface area contributed by atoms with Crippen LogP contribution < -0.4 is 16.0 Å². The summed E-state index contributed by atoms with van der Waals surface area (Å²) >= 11 is 0. The summed E-state index contributed by atoms with van der Waals surface area (Å²) in [6.07, 6.45) is 3.42. The molecule has 27 heavy (non-hydrogen) atoms. The largest absolute Gasteiger partial charge is 0.368 e. The Morgan fingerprint density at radius 2 is 2.04 bits per heavy atom. The van der Waals surface area contributed by atoms with E-state index in [1.807, 2.05) is 0 Å². The maximum Gasteiger partial charge on any atom is 0.319 e. The minimum Gasteiger partial charge on any atom is -0.368 e. The Kier molecular flexibility index (Phi) is 5.55. The van der Waals surface area contributed by atoms with Crippen molar-refractivity contribution >= 4 is 17.5 Å². The van der Waals surface area contributed by atoms with E-state index in [1.165, 1.54) is 0 Å². The Bertz CT molecular complexity index is 931. The van der Waals surface area contributed by atoms with E-state index in [0.29, 0.717) is 30.1 Å². The molecule has 0 bridgehead atoms. The van der Waals surface area contributed by atoms with E-state index in [-0.39, 0.29) is 12.2 Å². The third kappa shape index (κ3) is 4.97. The molecule has 0 saturated carbocycles. The number of hydrogen-bond donors (Lipinski definition) is 3. The van der Waals surface area contributed by atoms with E-state index in [4.69, 9.17) is 0 Å². The van der Waals surface area contributed by atoms with Crippen molar-refractivity contribution in [3.8, 4) is 5.82 Å². The minimum absolute atomic E-state index is 0.0999. The number of urea groups is 1. The van der Waals surface area contributed by atoms with Gasteiger partial charge in [-0.2, -0.15) is 5.10 Å². The first kappa shape index (κ1) is 18.2. The molecular formula is C17H17F2N7O. The van der Waals surface area contributed by atoms with Crippen LogP contribution >= 0.6 is 0 Å². The molecule has 0 unspecified atom stereocenters. The molecule has 0 atom stereocenters. The first-order chi connectivity index (χ1) is 13.0. The summed E-state index contributed by atoms with van der Waals surface area (Å²) in [7, 11) is 0. The van der Waals surface area contributed by atoms with Gasteiger partial charge in [0.2, 0.25) is 0 Å². The molecule has 10 heteroatoms. The highest BCUT2D eigenvalue weighted by Gasteiger charge is 2.08. The average Bonchev–Trinajstić information content (AvgIpc) is 3.15. The molecule has 0 spiro atoms. The second-order valence-electron chi connectivity index (χ2n) is 5.54. The van der Waals surface area contributed by atoms with Gasteiger partial charge < -0.3 is 16.0 Å². The highest BCUT2D eigenvalue weighted by Crippen LogP contribution is 2.14. The first-order valence-corrected chi connectivity index (χ1v) is 8.11. The van der Waals surface area contributed by atoms with Crippen molar-refractivity contribution in [3.63, 3.8) is 0 Å². The quantitative estimate of drug-likeness (QED) is 0.577.